The number of nitrogens with one attached hydrogen (secondary N) is 2. The summed E-state index contributed by atoms with van der Waals surface area (Å²) < 4.78 is 14.5. The van der Waals surface area contributed by atoms with Crippen LogP contribution in [0.5, 0.6) is 5.75 Å². The van der Waals surface area contributed by atoms with Gasteiger partial charge in [0.1, 0.15) is 17.4 Å². The summed E-state index contributed by atoms with van der Waals surface area (Å²) in [7, 11) is 0. The van der Waals surface area contributed by atoms with E-state index in [2.05, 4.69) is 20.2 Å². The number of phenolic OH excluding ortho intramolecular Hbond substituents is 1. The van der Waals surface area contributed by atoms with Crippen molar-refractivity contribution in [3.8, 4) is 17.0 Å². The third-order valence-corrected chi connectivity index (χ3v) is 4.61. The van der Waals surface area contributed by atoms with Gasteiger partial charge < -0.3 is 15.8 Å². The maximum atomic E-state index is 14.5. The molecule has 27 heavy (non-hydrogen) atoms. The summed E-state index contributed by atoms with van der Waals surface area (Å²) in [6.07, 6.45) is 0. The number of nitrogens with zero attached hydrogens (tertiary/aromatic N) is 2. The van der Waals surface area contributed by atoms with E-state index in [4.69, 9.17) is 5.73 Å². The minimum Gasteiger partial charge on any atom is -0.508 e. The summed E-state index contributed by atoms with van der Waals surface area (Å²) >= 11 is 0. The maximum Gasteiger partial charge on any atom is 0.258 e. The Kier molecular flexibility index (Phi) is 3.00. The van der Waals surface area contributed by atoms with Crippen LogP contribution in [0.15, 0.2) is 47.3 Å². The average molecular weight is 361 g/mol. The van der Waals surface area contributed by atoms with Crippen LogP contribution in [0.25, 0.3) is 44.0 Å². The Morgan fingerprint density at radius 2 is 1.89 bits per heavy atom. The molecule has 0 spiro atoms. The number of para-hydroxylation sites is 1. The maximum absolute atomic E-state index is 14.5. The first-order valence-electron chi connectivity index (χ1n) is 8.12. The van der Waals surface area contributed by atoms with Gasteiger partial charge >= 0.3 is 0 Å². The molecule has 2 aromatic carbocycles. The molecule has 0 bridgehead atoms. The van der Waals surface area contributed by atoms with Gasteiger partial charge in [-0.1, -0.05) is 18.2 Å². The number of nitrogens with two attached hydrogens (primary N) is 1. The highest BCUT2D eigenvalue weighted by Crippen LogP contribution is 2.36. The molecule has 0 fully saturated rings. The van der Waals surface area contributed by atoms with E-state index < -0.39 is 11.4 Å². The highest BCUT2D eigenvalue weighted by atomic mass is 19.1. The number of rotatable bonds is 1. The molecular formula is C19H12FN5O2. The van der Waals surface area contributed by atoms with Crippen molar-refractivity contribution in [1.29, 1.82) is 0 Å². The Bertz CT molecular complexity index is 1440. The quantitative estimate of drug-likeness (QED) is 0.342. The van der Waals surface area contributed by atoms with Crippen LogP contribution in [0.3, 0.4) is 0 Å². The van der Waals surface area contributed by atoms with E-state index in [0.29, 0.717) is 16.3 Å². The van der Waals surface area contributed by atoms with E-state index in [9.17, 15) is 14.3 Å². The molecule has 3 aromatic heterocycles. The first kappa shape index (κ1) is 15.3. The van der Waals surface area contributed by atoms with Gasteiger partial charge in [-0.3, -0.25) is 9.89 Å². The van der Waals surface area contributed by atoms with Gasteiger partial charge in [-0.05, 0) is 18.2 Å². The first-order chi connectivity index (χ1) is 13.0. The minimum absolute atomic E-state index is 0.0852. The fraction of sp³-hybridized carbons (Fsp3) is 0. The molecule has 0 saturated heterocycles. The van der Waals surface area contributed by atoms with Crippen molar-refractivity contribution >= 4 is 38.5 Å². The number of aromatic amines is 2. The molecule has 132 valence electrons. The van der Waals surface area contributed by atoms with Crippen molar-refractivity contribution in [1.82, 2.24) is 20.2 Å². The summed E-state index contributed by atoms with van der Waals surface area (Å²) in [6, 6.07) is 11.0. The number of halogens is 1. The fourth-order valence-corrected chi connectivity index (χ4v) is 3.45. The van der Waals surface area contributed by atoms with Crippen LogP contribution >= 0.6 is 0 Å². The monoisotopic (exact) mass is 361 g/mol. The van der Waals surface area contributed by atoms with Crippen LogP contribution in [0, 0.1) is 5.82 Å². The van der Waals surface area contributed by atoms with Gasteiger partial charge in [-0.15, -0.1) is 0 Å². The van der Waals surface area contributed by atoms with Crippen molar-refractivity contribution in [2.75, 3.05) is 5.73 Å². The van der Waals surface area contributed by atoms with Gasteiger partial charge in [0.25, 0.3) is 5.56 Å². The predicted octanol–water partition coefficient (Wildman–Crippen LogP) is 3.05. The van der Waals surface area contributed by atoms with Crippen LogP contribution in [-0.4, -0.2) is 25.3 Å². The molecule has 0 aliphatic rings. The molecule has 5 rings (SSSR count). The number of hydrogen-bond acceptors (Lipinski definition) is 5. The lowest BCUT2D eigenvalue weighted by Crippen LogP contribution is -2.09. The van der Waals surface area contributed by atoms with Crippen molar-refractivity contribution in [3.05, 3.63) is 58.6 Å². The summed E-state index contributed by atoms with van der Waals surface area (Å²) in [4.78, 5) is 20.1. The Morgan fingerprint density at radius 1 is 1.07 bits per heavy atom. The highest BCUT2D eigenvalue weighted by Gasteiger charge is 2.21. The van der Waals surface area contributed by atoms with E-state index in [-0.39, 0.29) is 33.9 Å². The summed E-state index contributed by atoms with van der Waals surface area (Å²) in [5.41, 5.74) is 6.75. The Labute approximate surface area is 150 Å². The molecule has 5 N–H and O–H groups in total. The van der Waals surface area contributed by atoms with Gasteiger partial charge in [0, 0.05) is 27.9 Å². The van der Waals surface area contributed by atoms with Crippen LogP contribution in [0.1, 0.15) is 0 Å². The lowest BCUT2D eigenvalue weighted by molar-refractivity contribution is 0.469. The van der Waals surface area contributed by atoms with Gasteiger partial charge in [0.15, 0.2) is 5.65 Å². The number of hydrogen-bond donors (Lipinski definition) is 4. The topological polar surface area (TPSA) is 121 Å². The van der Waals surface area contributed by atoms with E-state index >= 15 is 0 Å². The lowest BCUT2D eigenvalue weighted by atomic mass is 9.99. The normalized spacial score (nSPS) is 11.6. The van der Waals surface area contributed by atoms with Gasteiger partial charge in [-0.25, -0.2) is 9.37 Å². The second-order valence-corrected chi connectivity index (χ2v) is 6.21. The van der Waals surface area contributed by atoms with Crippen LogP contribution in [-0.2, 0) is 0 Å². The lowest BCUT2D eigenvalue weighted by Gasteiger charge is -2.10. The summed E-state index contributed by atoms with van der Waals surface area (Å²) in [6.45, 7) is 0. The number of benzene rings is 2. The minimum atomic E-state index is -0.695. The number of H-pyrrole nitrogens is 2. The number of aromatic nitrogens is 4. The molecular weight excluding hydrogens is 349 g/mol. The second kappa shape index (κ2) is 5.28. The van der Waals surface area contributed by atoms with E-state index in [1.54, 1.807) is 6.07 Å². The molecule has 0 amide bonds. The molecule has 0 aliphatic heterocycles. The van der Waals surface area contributed by atoms with Crippen LogP contribution in [0.4, 0.5) is 10.2 Å². The van der Waals surface area contributed by atoms with Crippen molar-refractivity contribution < 1.29 is 9.50 Å². The molecule has 0 radical (unpaired) electrons. The largest absolute Gasteiger partial charge is 0.508 e. The molecule has 3 heterocycles. The van der Waals surface area contributed by atoms with Gasteiger partial charge in [0.05, 0.1) is 16.5 Å². The van der Waals surface area contributed by atoms with E-state index in [1.165, 1.54) is 12.1 Å². The SMILES string of the molecule is Nc1[nH]nc2nc(-c3ccc(O)cc3F)c3c(=O)[nH]c4ccccc4c3c12. The number of pyridine rings is 2. The van der Waals surface area contributed by atoms with Crippen molar-refractivity contribution in [2.45, 2.75) is 0 Å². The zero-order valence-corrected chi connectivity index (χ0v) is 13.7. The van der Waals surface area contributed by atoms with Crippen molar-refractivity contribution in [2.24, 2.45) is 0 Å². The Hall–Kier alpha value is -3.94. The third kappa shape index (κ3) is 2.10. The molecule has 7 nitrogen and oxygen atoms in total. The van der Waals surface area contributed by atoms with Gasteiger partial charge in [-0.2, -0.15) is 5.10 Å². The van der Waals surface area contributed by atoms with Crippen LogP contribution < -0.4 is 11.3 Å². The van der Waals surface area contributed by atoms with Gasteiger partial charge in [0.2, 0.25) is 0 Å². The zero-order valence-electron chi connectivity index (χ0n) is 13.7. The second-order valence-electron chi connectivity index (χ2n) is 6.21. The van der Waals surface area contributed by atoms with Crippen LogP contribution in [0.2, 0.25) is 0 Å². The first-order valence-corrected chi connectivity index (χ1v) is 8.12. The number of nitrogen functional groups attached to an aromatic ring is 1. The molecule has 0 saturated carbocycles. The highest BCUT2D eigenvalue weighted by molar-refractivity contribution is 6.23. The predicted molar refractivity (Wildman–Crippen MR) is 101 cm³/mol. The average Bonchev–Trinajstić information content (AvgIpc) is 3.02. The molecule has 5 aromatic rings. The smallest absolute Gasteiger partial charge is 0.258 e. The summed E-state index contributed by atoms with van der Waals surface area (Å²) in [5, 5.41) is 18.3. The fourth-order valence-electron chi connectivity index (χ4n) is 3.45. The summed E-state index contributed by atoms with van der Waals surface area (Å²) in [5.74, 6) is -0.639. The Balaban J connectivity index is 2.09. The molecule has 0 unspecified atom stereocenters. The van der Waals surface area contributed by atoms with E-state index in [1.807, 2.05) is 18.2 Å². The van der Waals surface area contributed by atoms with Crippen molar-refractivity contribution in [3.63, 3.8) is 0 Å². The third-order valence-electron chi connectivity index (χ3n) is 4.61. The molecule has 0 aliphatic carbocycles. The number of fused-ring (bicyclic) bond motifs is 5. The standard InChI is InChI=1S/C19H12FN5O2/c20-11-7-8(26)5-6-9(11)16-14-13(15-17(21)24-25-18(15)23-16)10-3-1-2-4-12(10)22-19(14)27/h1-7,26H,(H,22,27)(H3,21,23,24,25). The molecule has 8 heteroatoms. The van der Waals surface area contributed by atoms with E-state index in [0.717, 1.165) is 11.5 Å². The zero-order chi connectivity index (χ0) is 18.7. The number of phenols is 1. The Morgan fingerprint density at radius 3 is 2.70 bits per heavy atom. The number of aromatic hydroxyl groups is 1. The molecule has 0 atom stereocenters. The number of anilines is 1.